The molecule has 0 aliphatic heterocycles. The van der Waals surface area contributed by atoms with E-state index < -0.39 is 11.9 Å². The van der Waals surface area contributed by atoms with Gasteiger partial charge in [0.05, 0.1) is 11.1 Å². The number of benzene rings is 1. The van der Waals surface area contributed by atoms with E-state index in [-0.39, 0.29) is 5.56 Å². The molecule has 1 nitrogen and oxygen atoms in total. The quantitative estimate of drug-likeness (QED) is 0.810. The molecule has 0 saturated carbocycles. The Kier molecular flexibility index (Phi) is 3.71. The van der Waals surface area contributed by atoms with Gasteiger partial charge in [-0.3, -0.25) is 0 Å². The van der Waals surface area contributed by atoms with Crippen molar-refractivity contribution in [3.05, 3.63) is 33.0 Å². The molecule has 0 amide bonds. The van der Waals surface area contributed by atoms with Crippen LogP contribution in [0.5, 0.6) is 0 Å². The second-order valence-corrected chi connectivity index (χ2v) is 3.97. The zero-order chi connectivity index (χ0) is 10.0. The van der Waals surface area contributed by atoms with E-state index in [1.54, 1.807) is 6.92 Å². The summed E-state index contributed by atoms with van der Waals surface area (Å²) in [6.45, 7) is 1.78. The Morgan fingerprint density at radius 1 is 1.62 bits per heavy atom. The van der Waals surface area contributed by atoms with Gasteiger partial charge in [0, 0.05) is 10.0 Å². The second kappa shape index (κ2) is 4.40. The summed E-state index contributed by atoms with van der Waals surface area (Å²) in [6.07, 6.45) is -0.319. The van der Waals surface area contributed by atoms with Gasteiger partial charge >= 0.3 is 0 Å². The standard InChI is InChI=1S/C9H9BrClFO/c1-2-9(13)5-3-7(11)6(10)4-8(5)12/h3-4,9,13H,2H2,1H3/t9-/m0/s1. The van der Waals surface area contributed by atoms with Crippen LogP contribution in [0.15, 0.2) is 16.6 Å². The normalized spacial score (nSPS) is 13.0. The van der Waals surface area contributed by atoms with Crippen molar-refractivity contribution in [1.82, 2.24) is 0 Å². The molecule has 0 spiro atoms. The molecule has 0 bridgehead atoms. The van der Waals surface area contributed by atoms with Crippen LogP contribution in [0.2, 0.25) is 5.02 Å². The van der Waals surface area contributed by atoms with Gasteiger partial charge in [-0.1, -0.05) is 18.5 Å². The van der Waals surface area contributed by atoms with E-state index in [0.717, 1.165) is 0 Å². The van der Waals surface area contributed by atoms with E-state index in [1.165, 1.54) is 12.1 Å². The van der Waals surface area contributed by atoms with Crippen molar-refractivity contribution in [1.29, 1.82) is 0 Å². The number of aliphatic hydroxyl groups excluding tert-OH is 1. The van der Waals surface area contributed by atoms with Crippen LogP contribution >= 0.6 is 27.5 Å². The van der Waals surface area contributed by atoms with Crippen LogP contribution in [0.1, 0.15) is 25.0 Å². The van der Waals surface area contributed by atoms with Gasteiger partial charge in [-0.15, -0.1) is 0 Å². The van der Waals surface area contributed by atoms with Crippen molar-refractivity contribution in [3.8, 4) is 0 Å². The number of hydrogen-bond donors (Lipinski definition) is 1. The smallest absolute Gasteiger partial charge is 0.130 e. The summed E-state index contributed by atoms with van der Waals surface area (Å²) in [6, 6.07) is 2.70. The number of rotatable bonds is 2. The third-order valence-electron chi connectivity index (χ3n) is 1.79. The Balaban J connectivity index is 3.15. The minimum Gasteiger partial charge on any atom is -0.388 e. The van der Waals surface area contributed by atoms with Crippen LogP contribution < -0.4 is 0 Å². The van der Waals surface area contributed by atoms with Gasteiger partial charge in [0.1, 0.15) is 5.82 Å². The summed E-state index contributed by atoms with van der Waals surface area (Å²) in [5.74, 6) is -0.439. The Bertz CT molecular complexity index is 317. The number of aliphatic hydroxyl groups is 1. The highest BCUT2D eigenvalue weighted by Crippen LogP contribution is 2.29. The highest BCUT2D eigenvalue weighted by Gasteiger charge is 2.13. The highest BCUT2D eigenvalue weighted by molar-refractivity contribution is 9.10. The molecule has 1 aromatic rings. The molecule has 0 unspecified atom stereocenters. The first-order valence-corrected chi connectivity index (χ1v) is 5.05. The average Bonchev–Trinajstić information content (AvgIpc) is 2.10. The first-order valence-electron chi connectivity index (χ1n) is 3.88. The summed E-state index contributed by atoms with van der Waals surface area (Å²) >= 11 is 8.86. The van der Waals surface area contributed by atoms with Gasteiger partial charge < -0.3 is 5.11 Å². The highest BCUT2D eigenvalue weighted by atomic mass is 79.9. The summed E-state index contributed by atoms with van der Waals surface area (Å²) in [7, 11) is 0. The van der Waals surface area contributed by atoms with Crippen LogP contribution in [-0.4, -0.2) is 5.11 Å². The molecule has 0 aliphatic rings. The van der Waals surface area contributed by atoms with Gasteiger partial charge in [-0.2, -0.15) is 0 Å². The lowest BCUT2D eigenvalue weighted by Gasteiger charge is -2.10. The zero-order valence-electron chi connectivity index (χ0n) is 7.02. The van der Waals surface area contributed by atoms with Crippen LogP contribution in [0.4, 0.5) is 4.39 Å². The van der Waals surface area contributed by atoms with Crippen LogP contribution in [0.3, 0.4) is 0 Å². The molecule has 0 aliphatic carbocycles. The molecule has 0 saturated heterocycles. The lowest BCUT2D eigenvalue weighted by atomic mass is 10.1. The molecule has 1 aromatic carbocycles. The predicted molar refractivity (Wildman–Crippen MR) is 54.4 cm³/mol. The lowest BCUT2D eigenvalue weighted by Crippen LogP contribution is -1.99. The molecule has 1 atom stereocenters. The van der Waals surface area contributed by atoms with Gasteiger partial charge in [-0.05, 0) is 34.5 Å². The molecule has 0 aromatic heterocycles. The average molecular weight is 268 g/mol. The molecule has 13 heavy (non-hydrogen) atoms. The van der Waals surface area contributed by atoms with Crippen molar-refractivity contribution in [2.24, 2.45) is 0 Å². The minimum absolute atomic E-state index is 0.246. The topological polar surface area (TPSA) is 20.2 Å². The molecule has 72 valence electrons. The Hall–Kier alpha value is -0.120. The maximum Gasteiger partial charge on any atom is 0.130 e. The second-order valence-electron chi connectivity index (χ2n) is 2.71. The lowest BCUT2D eigenvalue weighted by molar-refractivity contribution is 0.169. The number of hydrogen-bond acceptors (Lipinski definition) is 1. The van der Waals surface area contributed by atoms with Crippen molar-refractivity contribution in [3.63, 3.8) is 0 Å². The van der Waals surface area contributed by atoms with Crippen molar-refractivity contribution in [2.75, 3.05) is 0 Å². The van der Waals surface area contributed by atoms with Crippen LogP contribution in [0.25, 0.3) is 0 Å². The maximum atomic E-state index is 13.2. The summed E-state index contributed by atoms with van der Waals surface area (Å²) in [5.41, 5.74) is 0.246. The van der Waals surface area contributed by atoms with Crippen molar-refractivity contribution < 1.29 is 9.50 Å². The van der Waals surface area contributed by atoms with E-state index in [1.807, 2.05) is 0 Å². The third-order valence-corrected chi connectivity index (χ3v) is 2.98. The van der Waals surface area contributed by atoms with E-state index in [2.05, 4.69) is 15.9 Å². The van der Waals surface area contributed by atoms with Gasteiger partial charge in [0.15, 0.2) is 0 Å². The fourth-order valence-electron chi connectivity index (χ4n) is 1.01. The van der Waals surface area contributed by atoms with Crippen LogP contribution in [-0.2, 0) is 0 Å². The molecule has 0 fully saturated rings. The Morgan fingerprint density at radius 2 is 2.23 bits per heavy atom. The SMILES string of the molecule is CC[C@H](O)c1cc(Cl)c(Br)cc1F. The summed E-state index contributed by atoms with van der Waals surface area (Å²) in [5, 5.41) is 9.82. The largest absolute Gasteiger partial charge is 0.388 e. The van der Waals surface area contributed by atoms with E-state index in [4.69, 9.17) is 11.6 Å². The summed E-state index contributed by atoms with van der Waals surface area (Å²) < 4.78 is 13.7. The molecular weight excluding hydrogens is 258 g/mol. The van der Waals surface area contributed by atoms with Crippen LogP contribution in [0, 0.1) is 5.82 Å². The van der Waals surface area contributed by atoms with Gasteiger partial charge in [-0.25, -0.2) is 4.39 Å². The van der Waals surface area contributed by atoms with Gasteiger partial charge in [0.25, 0.3) is 0 Å². The zero-order valence-corrected chi connectivity index (χ0v) is 9.36. The molecular formula is C9H9BrClFO. The van der Waals surface area contributed by atoms with Crippen molar-refractivity contribution in [2.45, 2.75) is 19.4 Å². The fraction of sp³-hybridized carbons (Fsp3) is 0.333. The summed E-state index contributed by atoms with van der Waals surface area (Å²) in [4.78, 5) is 0. The first-order chi connectivity index (χ1) is 6.06. The Labute approximate surface area is 89.7 Å². The van der Waals surface area contributed by atoms with Gasteiger partial charge in [0.2, 0.25) is 0 Å². The van der Waals surface area contributed by atoms with E-state index >= 15 is 0 Å². The predicted octanol–water partition coefficient (Wildman–Crippen LogP) is 3.69. The molecule has 1 rings (SSSR count). The van der Waals surface area contributed by atoms with E-state index in [0.29, 0.717) is 15.9 Å². The molecule has 0 heterocycles. The fourth-order valence-corrected chi connectivity index (χ4v) is 1.50. The molecule has 4 heteroatoms. The van der Waals surface area contributed by atoms with Crippen molar-refractivity contribution >= 4 is 27.5 Å². The Morgan fingerprint density at radius 3 is 2.77 bits per heavy atom. The number of halogens is 3. The minimum atomic E-state index is -0.786. The van der Waals surface area contributed by atoms with E-state index in [9.17, 15) is 9.50 Å². The maximum absolute atomic E-state index is 13.2. The third kappa shape index (κ3) is 2.42. The molecule has 1 N–H and O–H groups in total. The monoisotopic (exact) mass is 266 g/mol. The first kappa shape index (κ1) is 11.0. The molecule has 0 radical (unpaired) electrons.